The fourth-order valence-corrected chi connectivity index (χ4v) is 3.63. The lowest BCUT2D eigenvalue weighted by molar-refractivity contribution is -0.112. The number of piperidine rings is 1. The molecule has 2 N–H and O–H groups in total. The number of hydrogen-bond donors (Lipinski definition) is 2. The lowest BCUT2D eigenvalue weighted by Gasteiger charge is -2.32. The van der Waals surface area contributed by atoms with E-state index in [2.05, 4.69) is 28.4 Å². The van der Waals surface area contributed by atoms with Crippen molar-refractivity contribution >= 4 is 12.3 Å². The Bertz CT molecular complexity index is 599. The lowest BCUT2D eigenvalue weighted by atomic mass is 9.99. The first-order valence-electron chi connectivity index (χ1n) is 9.11. The molecule has 2 aliphatic heterocycles. The van der Waals surface area contributed by atoms with Crippen molar-refractivity contribution in [2.75, 3.05) is 32.7 Å². The fraction of sp³-hybridized carbons (Fsp3) is 0.579. The van der Waals surface area contributed by atoms with Crippen molar-refractivity contribution in [2.24, 2.45) is 5.92 Å². The molecule has 3 rings (SSSR count). The Kier molecular flexibility index (Phi) is 6.04. The van der Waals surface area contributed by atoms with Gasteiger partial charge < -0.3 is 20.1 Å². The van der Waals surface area contributed by atoms with Crippen LogP contribution in [0.5, 0.6) is 0 Å². The van der Waals surface area contributed by atoms with Crippen LogP contribution in [0.15, 0.2) is 24.3 Å². The maximum Gasteiger partial charge on any atom is 0.317 e. The van der Waals surface area contributed by atoms with Gasteiger partial charge in [0.2, 0.25) is 0 Å². The van der Waals surface area contributed by atoms with Gasteiger partial charge in [-0.05, 0) is 30.4 Å². The Labute approximate surface area is 148 Å². The van der Waals surface area contributed by atoms with Gasteiger partial charge in [0.05, 0.1) is 6.10 Å². The Hall–Kier alpha value is -1.92. The summed E-state index contributed by atoms with van der Waals surface area (Å²) >= 11 is 0. The number of hydrogen-bond acceptors (Lipinski definition) is 4. The number of benzene rings is 1. The largest absolute Gasteiger partial charge is 0.390 e. The summed E-state index contributed by atoms with van der Waals surface area (Å²) in [7, 11) is 0. The van der Waals surface area contributed by atoms with Gasteiger partial charge in [0.15, 0.2) is 0 Å². The molecule has 1 aromatic carbocycles. The Morgan fingerprint density at radius 3 is 2.68 bits per heavy atom. The number of likely N-dealkylation sites (tertiary alicyclic amines) is 1. The molecule has 2 aliphatic rings. The standard InChI is InChI=1S/C19H27N3O3/c23-14-15-5-9-22(10-6-15)19(25)20-11-18(24)13-21-8-7-16-3-1-2-4-17(16)12-21/h1-4,14-15,18,24H,5-13H2,(H,20,25). The van der Waals surface area contributed by atoms with Crippen molar-refractivity contribution in [3.63, 3.8) is 0 Å². The maximum atomic E-state index is 12.2. The molecular weight excluding hydrogens is 318 g/mol. The number of carbonyl (C=O) groups excluding carboxylic acids is 2. The van der Waals surface area contributed by atoms with Crippen molar-refractivity contribution in [3.8, 4) is 0 Å². The lowest BCUT2D eigenvalue weighted by Crippen LogP contribution is -2.48. The van der Waals surface area contributed by atoms with Crippen molar-refractivity contribution in [3.05, 3.63) is 35.4 Å². The number of aliphatic hydroxyl groups excluding tert-OH is 1. The normalized spacial score (nSPS) is 20.0. The van der Waals surface area contributed by atoms with E-state index in [1.54, 1.807) is 4.90 Å². The Morgan fingerprint density at radius 1 is 1.24 bits per heavy atom. The average Bonchev–Trinajstić information content (AvgIpc) is 2.66. The summed E-state index contributed by atoms with van der Waals surface area (Å²) in [6, 6.07) is 8.27. The summed E-state index contributed by atoms with van der Waals surface area (Å²) in [5.74, 6) is 0.0802. The zero-order valence-electron chi connectivity index (χ0n) is 14.6. The molecule has 2 amide bonds. The van der Waals surface area contributed by atoms with Crippen molar-refractivity contribution in [2.45, 2.75) is 31.9 Å². The minimum Gasteiger partial charge on any atom is -0.390 e. The van der Waals surface area contributed by atoms with Crippen LogP contribution in [0.25, 0.3) is 0 Å². The number of aldehydes is 1. The predicted octanol–water partition coefficient (Wildman–Crippen LogP) is 1.03. The second-order valence-electron chi connectivity index (χ2n) is 7.05. The molecule has 0 bridgehead atoms. The maximum absolute atomic E-state index is 12.2. The minimum absolute atomic E-state index is 0.0802. The number of rotatable bonds is 5. The van der Waals surface area contributed by atoms with Gasteiger partial charge in [-0.25, -0.2) is 4.79 Å². The molecule has 136 valence electrons. The highest BCUT2D eigenvalue weighted by atomic mass is 16.3. The molecule has 0 spiro atoms. The van der Waals surface area contributed by atoms with Gasteiger partial charge in [0.1, 0.15) is 6.29 Å². The van der Waals surface area contributed by atoms with Crippen molar-refractivity contribution in [1.29, 1.82) is 0 Å². The second-order valence-corrected chi connectivity index (χ2v) is 7.05. The van der Waals surface area contributed by atoms with E-state index in [4.69, 9.17) is 0 Å². The molecule has 0 radical (unpaired) electrons. The van der Waals surface area contributed by atoms with Crippen LogP contribution in [0.1, 0.15) is 24.0 Å². The van der Waals surface area contributed by atoms with Gasteiger partial charge in [-0.2, -0.15) is 0 Å². The third-order valence-corrected chi connectivity index (χ3v) is 5.19. The highest BCUT2D eigenvalue weighted by Crippen LogP contribution is 2.18. The molecular formula is C19H27N3O3. The summed E-state index contributed by atoms with van der Waals surface area (Å²) in [5, 5.41) is 13.1. The van der Waals surface area contributed by atoms with Gasteiger partial charge >= 0.3 is 6.03 Å². The third kappa shape index (κ3) is 4.80. The molecule has 1 unspecified atom stereocenters. The van der Waals surface area contributed by atoms with Gasteiger partial charge in [0, 0.05) is 45.2 Å². The quantitative estimate of drug-likeness (QED) is 0.782. The summed E-state index contributed by atoms with van der Waals surface area (Å²) in [6.45, 7) is 3.80. The van der Waals surface area contributed by atoms with E-state index in [9.17, 15) is 14.7 Å². The monoisotopic (exact) mass is 345 g/mol. The number of nitrogens with zero attached hydrogens (tertiary/aromatic N) is 2. The first-order chi connectivity index (χ1) is 12.2. The van der Waals surface area contributed by atoms with E-state index in [-0.39, 0.29) is 18.5 Å². The number of nitrogens with one attached hydrogen (secondary N) is 1. The van der Waals surface area contributed by atoms with E-state index in [0.29, 0.717) is 19.6 Å². The van der Waals surface area contributed by atoms with Crippen LogP contribution in [0.4, 0.5) is 4.79 Å². The van der Waals surface area contributed by atoms with Crippen LogP contribution >= 0.6 is 0 Å². The van der Waals surface area contributed by atoms with Gasteiger partial charge in [-0.3, -0.25) is 4.90 Å². The molecule has 6 heteroatoms. The van der Waals surface area contributed by atoms with Crippen LogP contribution in [-0.2, 0) is 17.8 Å². The van der Waals surface area contributed by atoms with E-state index >= 15 is 0 Å². The number of fused-ring (bicyclic) bond motifs is 1. The first-order valence-corrected chi connectivity index (χ1v) is 9.11. The highest BCUT2D eigenvalue weighted by Gasteiger charge is 2.23. The summed E-state index contributed by atoms with van der Waals surface area (Å²) < 4.78 is 0. The number of amides is 2. The molecule has 1 atom stereocenters. The molecule has 1 aromatic rings. The predicted molar refractivity (Wildman–Crippen MR) is 95.2 cm³/mol. The van der Waals surface area contributed by atoms with Crippen LogP contribution in [0, 0.1) is 5.92 Å². The second kappa shape index (κ2) is 8.45. The van der Waals surface area contributed by atoms with Crippen LogP contribution < -0.4 is 5.32 Å². The topological polar surface area (TPSA) is 72.9 Å². The number of aliphatic hydroxyl groups is 1. The van der Waals surface area contributed by atoms with Gasteiger partial charge in [-0.1, -0.05) is 24.3 Å². The molecule has 0 saturated carbocycles. The molecule has 1 saturated heterocycles. The van der Waals surface area contributed by atoms with Crippen molar-refractivity contribution in [1.82, 2.24) is 15.1 Å². The Morgan fingerprint density at radius 2 is 1.96 bits per heavy atom. The van der Waals surface area contributed by atoms with E-state index < -0.39 is 6.10 Å². The van der Waals surface area contributed by atoms with Crippen molar-refractivity contribution < 1.29 is 14.7 Å². The minimum atomic E-state index is -0.582. The highest BCUT2D eigenvalue weighted by molar-refractivity contribution is 5.74. The average molecular weight is 345 g/mol. The number of carbonyl (C=O) groups is 2. The Balaban J connectivity index is 1.39. The molecule has 0 aromatic heterocycles. The van der Waals surface area contributed by atoms with Gasteiger partial charge in [-0.15, -0.1) is 0 Å². The van der Waals surface area contributed by atoms with E-state index in [0.717, 1.165) is 38.6 Å². The zero-order valence-corrected chi connectivity index (χ0v) is 14.6. The smallest absolute Gasteiger partial charge is 0.317 e. The number of urea groups is 1. The summed E-state index contributed by atoms with van der Waals surface area (Å²) in [6.07, 6.45) is 2.86. The first kappa shape index (κ1) is 17.9. The van der Waals surface area contributed by atoms with E-state index in [1.165, 1.54) is 11.1 Å². The summed E-state index contributed by atoms with van der Waals surface area (Å²) in [4.78, 5) is 26.9. The zero-order chi connectivity index (χ0) is 17.6. The van der Waals surface area contributed by atoms with E-state index in [1.807, 2.05) is 6.07 Å². The summed E-state index contributed by atoms with van der Waals surface area (Å²) in [5.41, 5.74) is 2.71. The van der Waals surface area contributed by atoms with Crippen LogP contribution in [0.2, 0.25) is 0 Å². The molecule has 2 heterocycles. The van der Waals surface area contributed by atoms with Crippen LogP contribution in [0.3, 0.4) is 0 Å². The molecule has 6 nitrogen and oxygen atoms in total. The fourth-order valence-electron chi connectivity index (χ4n) is 3.63. The molecule has 1 fully saturated rings. The third-order valence-electron chi connectivity index (χ3n) is 5.19. The van der Waals surface area contributed by atoms with Gasteiger partial charge in [0.25, 0.3) is 0 Å². The SMILES string of the molecule is O=CC1CCN(C(=O)NCC(O)CN2CCc3ccccc3C2)CC1. The van der Waals surface area contributed by atoms with Crippen LogP contribution in [-0.4, -0.2) is 66.1 Å². The number of β-amino-alcohol motifs (C(OH)–C–C–N with tert-alkyl or cyclic N) is 1. The molecule has 0 aliphatic carbocycles. The molecule has 25 heavy (non-hydrogen) atoms.